The van der Waals surface area contributed by atoms with E-state index in [1.807, 2.05) is 6.07 Å². The Morgan fingerprint density at radius 1 is 1.10 bits per heavy atom. The van der Waals surface area contributed by atoms with Crippen LogP contribution in [0.4, 0.5) is 0 Å². The lowest BCUT2D eigenvalue weighted by atomic mass is 9.97. The molecule has 2 heteroatoms. The highest BCUT2D eigenvalue weighted by Gasteiger charge is 2.22. The van der Waals surface area contributed by atoms with Crippen molar-refractivity contribution >= 4 is 0 Å². The number of hydrogen-bond donors (Lipinski definition) is 1. The first-order valence-electron chi connectivity index (χ1n) is 7.82. The Bertz CT molecular complexity index is 567. The van der Waals surface area contributed by atoms with E-state index in [0.717, 1.165) is 25.4 Å². The summed E-state index contributed by atoms with van der Waals surface area (Å²) in [5.74, 6) is 2.15. The quantitative estimate of drug-likeness (QED) is 0.810. The van der Waals surface area contributed by atoms with Crippen molar-refractivity contribution in [3.63, 3.8) is 0 Å². The van der Waals surface area contributed by atoms with Gasteiger partial charge in [-0.15, -0.1) is 0 Å². The first kappa shape index (κ1) is 14.2. The van der Waals surface area contributed by atoms with Gasteiger partial charge in [0, 0.05) is 18.0 Å². The predicted octanol–water partition coefficient (Wildman–Crippen LogP) is 3.95. The Hall–Kier alpha value is -1.80. The van der Waals surface area contributed by atoms with Gasteiger partial charge in [-0.2, -0.15) is 0 Å². The van der Waals surface area contributed by atoms with Crippen LogP contribution in [0.1, 0.15) is 36.3 Å². The third-order valence-electron chi connectivity index (χ3n) is 4.31. The molecule has 1 aliphatic rings. The van der Waals surface area contributed by atoms with Crippen LogP contribution in [0.5, 0.6) is 5.75 Å². The summed E-state index contributed by atoms with van der Waals surface area (Å²) < 4.78 is 5.72. The van der Waals surface area contributed by atoms with Crippen molar-refractivity contribution in [1.82, 2.24) is 5.32 Å². The Morgan fingerprint density at radius 3 is 2.71 bits per heavy atom. The van der Waals surface area contributed by atoms with Gasteiger partial charge in [-0.1, -0.05) is 55.5 Å². The van der Waals surface area contributed by atoms with Crippen LogP contribution in [0.2, 0.25) is 0 Å². The maximum atomic E-state index is 5.72. The average Bonchev–Trinajstić information content (AvgIpc) is 2.95. The molecule has 0 radical (unpaired) electrons. The molecule has 0 amide bonds. The van der Waals surface area contributed by atoms with Crippen molar-refractivity contribution in [2.45, 2.75) is 25.2 Å². The van der Waals surface area contributed by atoms with Crippen molar-refractivity contribution in [2.24, 2.45) is 0 Å². The fourth-order valence-corrected chi connectivity index (χ4v) is 2.94. The van der Waals surface area contributed by atoms with Crippen molar-refractivity contribution in [3.05, 3.63) is 65.7 Å². The lowest BCUT2D eigenvalue weighted by Crippen LogP contribution is -2.24. The number of hydrogen-bond acceptors (Lipinski definition) is 2. The zero-order valence-electron chi connectivity index (χ0n) is 12.6. The van der Waals surface area contributed by atoms with E-state index in [4.69, 9.17) is 4.74 Å². The van der Waals surface area contributed by atoms with Crippen LogP contribution >= 0.6 is 0 Å². The van der Waals surface area contributed by atoms with Gasteiger partial charge in [-0.25, -0.2) is 0 Å². The second kappa shape index (κ2) is 6.77. The van der Waals surface area contributed by atoms with Crippen molar-refractivity contribution in [2.75, 3.05) is 19.7 Å². The summed E-state index contributed by atoms with van der Waals surface area (Å²) in [7, 11) is 0. The highest BCUT2D eigenvalue weighted by atomic mass is 16.5. The molecule has 2 nitrogen and oxygen atoms in total. The molecule has 0 fully saturated rings. The van der Waals surface area contributed by atoms with E-state index in [2.05, 4.69) is 60.8 Å². The van der Waals surface area contributed by atoms with Crippen LogP contribution < -0.4 is 10.1 Å². The number of fused-ring (bicyclic) bond motifs is 1. The number of nitrogens with one attached hydrogen (secondary N) is 1. The third kappa shape index (κ3) is 3.45. The molecule has 2 unspecified atom stereocenters. The van der Waals surface area contributed by atoms with Crippen LogP contribution in [-0.2, 0) is 0 Å². The third-order valence-corrected chi connectivity index (χ3v) is 4.31. The maximum Gasteiger partial charge on any atom is 0.122 e. The zero-order valence-corrected chi connectivity index (χ0v) is 12.6. The van der Waals surface area contributed by atoms with Gasteiger partial charge < -0.3 is 10.1 Å². The Labute approximate surface area is 127 Å². The minimum absolute atomic E-state index is 0.494. The lowest BCUT2D eigenvalue weighted by Gasteiger charge is -2.14. The monoisotopic (exact) mass is 281 g/mol. The molecule has 2 aromatic rings. The van der Waals surface area contributed by atoms with E-state index in [-0.39, 0.29) is 0 Å². The van der Waals surface area contributed by atoms with Gasteiger partial charge in [0.1, 0.15) is 5.75 Å². The summed E-state index contributed by atoms with van der Waals surface area (Å²) in [6.45, 7) is 5.15. The van der Waals surface area contributed by atoms with Crippen LogP contribution in [0, 0.1) is 0 Å². The van der Waals surface area contributed by atoms with E-state index >= 15 is 0 Å². The zero-order chi connectivity index (χ0) is 14.5. The highest BCUT2D eigenvalue weighted by molar-refractivity contribution is 5.39. The van der Waals surface area contributed by atoms with Gasteiger partial charge >= 0.3 is 0 Å². The van der Waals surface area contributed by atoms with Crippen LogP contribution in [-0.4, -0.2) is 19.7 Å². The molecule has 1 heterocycles. The summed E-state index contributed by atoms with van der Waals surface area (Å²) >= 11 is 0. The SMILES string of the molecule is CC(CCNCC1COc2ccccc21)c1ccccc1. The average molecular weight is 281 g/mol. The van der Waals surface area contributed by atoms with Crippen molar-refractivity contribution < 1.29 is 4.74 Å². The molecule has 0 spiro atoms. The van der Waals surface area contributed by atoms with Crippen LogP contribution in [0.15, 0.2) is 54.6 Å². The molecule has 1 aliphatic heterocycles. The first-order chi connectivity index (χ1) is 10.3. The van der Waals surface area contributed by atoms with Gasteiger partial charge in [0.2, 0.25) is 0 Å². The molecule has 1 N–H and O–H groups in total. The minimum atomic E-state index is 0.494. The fourth-order valence-electron chi connectivity index (χ4n) is 2.94. The maximum absolute atomic E-state index is 5.72. The van der Waals surface area contributed by atoms with Gasteiger partial charge in [-0.05, 0) is 30.5 Å². The molecule has 21 heavy (non-hydrogen) atoms. The summed E-state index contributed by atoms with van der Waals surface area (Å²) in [4.78, 5) is 0. The van der Waals surface area contributed by atoms with Crippen molar-refractivity contribution in [1.29, 1.82) is 0 Å². The molecular formula is C19H23NO. The van der Waals surface area contributed by atoms with Crippen LogP contribution in [0.25, 0.3) is 0 Å². The van der Waals surface area contributed by atoms with Gasteiger partial charge in [0.15, 0.2) is 0 Å². The molecule has 110 valence electrons. The van der Waals surface area contributed by atoms with E-state index in [1.165, 1.54) is 17.5 Å². The fraction of sp³-hybridized carbons (Fsp3) is 0.368. The molecular weight excluding hydrogens is 258 g/mol. The van der Waals surface area contributed by atoms with Gasteiger partial charge in [0.05, 0.1) is 6.61 Å². The smallest absolute Gasteiger partial charge is 0.122 e. The topological polar surface area (TPSA) is 21.3 Å². The minimum Gasteiger partial charge on any atom is -0.493 e. The molecule has 0 aliphatic carbocycles. The molecule has 0 saturated heterocycles. The largest absolute Gasteiger partial charge is 0.493 e. The summed E-state index contributed by atoms with van der Waals surface area (Å²) in [6, 6.07) is 19.1. The van der Waals surface area contributed by atoms with E-state index in [1.54, 1.807) is 0 Å². The molecule has 3 rings (SSSR count). The number of benzene rings is 2. The standard InChI is InChI=1S/C19H23NO/c1-15(16-7-3-2-4-8-16)11-12-20-13-17-14-21-19-10-6-5-9-18(17)19/h2-10,15,17,20H,11-14H2,1H3. The Balaban J connectivity index is 1.43. The molecule has 2 aromatic carbocycles. The Kier molecular flexibility index (Phi) is 4.56. The number of rotatable bonds is 6. The highest BCUT2D eigenvalue weighted by Crippen LogP contribution is 2.32. The molecule has 2 atom stereocenters. The molecule has 0 aromatic heterocycles. The first-order valence-corrected chi connectivity index (χ1v) is 7.82. The number of para-hydroxylation sites is 1. The second-order valence-corrected chi connectivity index (χ2v) is 5.85. The molecule has 0 bridgehead atoms. The number of ether oxygens (including phenoxy) is 1. The van der Waals surface area contributed by atoms with Crippen LogP contribution in [0.3, 0.4) is 0 Å². The summed E-state index contributed by atoms with van der Waals surface area (Å²) in [5, 5.41) is 3.59. The lowest BCUT2D eigenvalue weighted by molar-refractivity contribution is 0.326. The Morgan fingerprint density at radius 2 is 1.86 bits per heavy atom. The van der Waals surface area contributed by atoms with Gasteiger partial charge in [0.25, 0.3) is 0 Å². The van der Waals surface area contributed by atoms with E-state index < -0.39 is 0 Å². The van der Waals surface area contributed by atoms with Crippen molar-refractivity contribution in [3.8, 4) is 5.75 Å². The van der Waals surface area contributed by atoms with E-state index in [9.17, 15) is 0 Å². The van der Waals surface area contributed by atoms with Gasteiger partial charge in [-0.3, -0.25) is 0 Å². The second-order valence-electron chi connectivity index (χ2n) is 5.85. The normalized spacial score (nSPS) is 18.0. The summed E-state index contributed by atoms with van der Waals surface area (Å²) in [5.41, 5.74) is 2.77. The van der Waals surface area contributed by atoms with E-state index in [0.29, 0.717) is 11.8 Å². The predicted molar refractivity (Wildman–Crippen MR) is 87.0 cm³/mol. The summed E-state index contributed by atoms with van der Waals surface area (Å²) in [6.07, 6.45) is 1.17. The molecule has 0 saturated carbocycles.